The number of hydrogen-bond donors (Lipinski definition) is 2. The number of carbonyl (C=O) groups excluding carboxylic acids is 1. The third kappa shape index (κ3) is 6.84. The molecular formula is C17H24ClFN2O3. The van der Waals surface area contributed by atoms with E-state index < -0.39 is 5.97 Å². The summed E-state index contributed by atoms with van der Waals surface area (Å²) in [5, 5.41) is 11.4. The summed E-state index contributed by atoms with van der Waals surface area (Å²) in [7, 11) is 0. The van der Waals surface area contributed by atoms with Gasteiger partial charge in [-0.05, 0) is 69.6 Å². The van der Waals surface area contributed by atoms with E-state index in [4.69, 9.17) is 5.11 Å². The number of likely N-dealkylation sites (tertiary alicyclic amines) is 1. The van der Waals surface area contributed by atoms with Crippen LogP contribution in [0.2, 0.25) is 0 Å². The molecule has 0 bridgehead atoms. The predicted molar refractivity (Wildman–Crippen MR) is 92.9 cm³/mol. The third-order valence-electron chi connectivity index (χ3n) is 4.19. The Labute approximate surface area is 147 Å². The van der Waals surface area contributed by atoms with E-state index in [0.29, 0.717) is 12.1 Å². The molecule has 24 heavy (non-hydrogen) atoms. The molecule has 1 aliphatic rings. The van der Waals surface area contributed by atoms with Crippen LogP contribution in [0.3, 0.4) is 0 Å². The molecule has 7 heteroatoms. The molecule has 1 aromatic rings. The number of rotatable bonds is 7. The van der Waals surface area contributed by atoms with E-state index in [1.807, 2.05) is 0 Å². The Hall–Kier alpha value is -1.66. The minimum Gasteiger partial charge on any atom is -0.481 e. The first kappa shape index (κ1) is 20.4. The Bertz CT molecular complexity index is 531. The van der Waals surface area contributed by atoms with E-state index >= 15 is 0 Å². The van der Waals surface area contributed by atoms with Crippen molar-refractivity contribution < 1.29 is 19.1 Å². The number of piperidine rings is 1. The second-order valence-electron chi connectivity index (χ2n) is 5.96. The molecule has 0 radical (unpaired) electrons. The Morgan fingerprint density at radius 3 is 2.38 bits per heavy atom. The molecule has 0 saturated carbocycles. The van der Waals surface area contributed by atoms with E-state index in [2.05, 4.69) is 10.2 Å². The Kier molecular flexibility index (Phi) is 8.71. The van der Waals surface area contributed by atoms with Crippen LogP contribution in [0.15, 0.2) is 24.3 Å². The molecule has 1 saturated heterocycles. The number of unbranched alkanes of at least 4 members (excludes halogenated alkanes) is 1. The lowest BCUT2D eigenvalue weighted by molar-refractivity contribution is -0.137. The summed E-state index contributed by atoms with van der Waals surface area (Å²) in [6.07, 6.45) is 3.38. The number of carbonyl (C=O) groups is 2. The van der Waals surface area contributed by atoms with Gasteiger partial charge in [-0.2, -0.15) is 0 Å². The van der Waals surface area contributed by atoms with Crippen molar-refractivity contribution in [2.75, 3.05) is 25.0 Å². The fraction of sp³-hybridized carbons (Fsp3) is 0.529. The number of hydrogen-bond acceptors (Lipinski definition) is 3. The molecule has 1 aromatic carbocycles. The van der Waals surface area contributed by atoms with E-state index in [1.165, 1.54) is 12.1 Å². The molecule has 0 atom stereocenters. The average molecular weight is 359 g/mol. The molecule has 0 aliphatic carbocycles. The summed E-state index contributed by atoms with van der Waals surface area (Å²) in [5.41, 5.74) is 0.618. The van der Waals surface area contributed by atoms with Crippen molar-refractivity contribution in [3.05, 3.63) is 30.1 Å². The van der Waals surface area contributed by atoms with Crippen molar-refractivity contribution in [1.82, 2.24) is 4.90 Å². The Morgan fingerprint density at radius 2 is 1.79 bits per heavy atom. The van der Waals surface area contributed by atoms with E-state index in [-0.39, 0.29) is 36.5 Å². The zero-order valence-corrected chi connectivity index (χ0v) is 14.4. The first-order chi connectivity index (χ1) is 11.0. The quantitative estimate of drug-likeness (QED) is 0.734. The molecular weight excluding hydrogens is 335 g/mol. The molecule has 5 nitrogen and oxygen atoms in total. The van der Waals surface area contributed by atoms with Crippen molar-refractivity contribution >= 4 is 30.0 Å². The van der Waals surface area contributed by atoms with Gasteiger partial charge in [-0.15, -0.1) is 12.4 Å². The first-order valence-corrected chi connectivity index (χ1v) is 8.05. The summed E-state index contributed by atoms with van der Waals surface area (Å²) in [6, 6.07) is 5.78. The minimum atomic E-state index is -0.749. The standard InChI is InChI=1S/C17H23FN2O3.ClH/c18-14-4-6-15(7-5-14)19-17(23)13-8-11-20(12-9-13)10-2-1-3-16(21)22;/h4-7,13H,1-3,8-12H2,(H,19,23)(H,21,22);1H. The van der Waals surface area contributed by atoms with Crippen molar-refractivity contribution in [3.63, 3.8) is 0 Å². The summed E-state index contributed by atoms with van der Waals surface area (Å²) < 4.78 is 12.8. The van der Waals surface area contributed by atoms with Crippen molar-refractivity contribution in [3.8, 4) is 0 Å². The number of halogens is 2. The molecule has 2 N–H and O–H groups in total. The highest BCUT2D eigenvalue weighted by atomic mass is 35.5. The van der Waals surface area contributed by atoms with Crippen LogP contribution in [-0.2, 0) is 9.59 Å². The van der Waals surface area contributed by atoms with Crippen LogP contribution in [0.25, 0.3) is 0 Å². The number of carboxylic acids is 1. The van der Waals surface area contributed by atoms with Gasteiger partial charge in [-0.3, -0.25) is 9.59 Å². The maximum Gasteiger partial charge on any atom is 0.303 e. The molecule has 1 heterocycles. The first-order valence-electron chi connectivity index (χ1n) is 8.05. The summed E-state index contributed by atoms with van der Waals surface area (Å²) in [4.78, 5) is 24.9. The molecule has 1 aliphatic heterocycles. The highest BCUT2D eigenvalue weighted by Crippen LogP contribution is 2.20. The van der Waals surface area contributed by atoms with E-state index in [9.17, 15) is 14.0 Å². The SMILES string of the molecule is Cl.O=C(O)CCCCN1CCC(C(=O)Nc2ccc(F)cc2)CC1. The van der Waals surface area contributed by atoms with Crippen LogP contribution < -0.4 is 5.32 Å². The van der Waals surface area contributed by atoms with Crippen LogP contribution >= 0.6 is 12.4 Å². The van der Waals surface area contributed by atoms with Crippen LogP contribution in [0.5, 0.6) is 0 Å². The average Bonchev–Trinajstić information content (AvgIpc) is 2.54. The van der Waals surface area contributed by atoms with Crippen molar-refractivity contribution in [2.24, 2.45) is 5.92 Å². The van der Waals surface area contributed by atoms with Gasteiger partial charge >= 0.3 is 5.97 Å². The zero-order valence-electron chi connectivity index (χ0n) is 13.5. The number of carboxylic acid groups (broad SMARTS) is 1. The summed E-state index contributed by atoms with van der Waals surface area (Å²) >= 11 is 0. The topological polar surface area (TPSA) is 69.6 Å². The van der Waals surface area contributed by atoms with Gasteiger partial charge in [0.1, 0.15) is 5.82 Å². The molecule has 134 valence electrons. The number of nitrogens with one attached hydrogen (secondary N) is 1. The van der Waals surface area contributed by atoms with Gasteiger partial charge in [0.15, 0.2) is 0 Å². The lowest BCUT2D eigenvalue weighted by atomic mass is 9.95. The molecule has 1 fully saturated rings. The second kappa shape index (κ2) is 10.3. The van der Waals surface area contributed by atoms with Crippen molar-refractivity contribution in [1.29, 1.82) is 0 Å². The Morgan fingerprint density at radius 1 is 1.17 bits per heavy atom. The number of nitrogens with zero attached hydrogens (tertiary/aromatic N) is 1. The number of amides is 1. The van der Waals surface area contributed by atoms with Gasteiger partial charge in [0.05, 0.1) is 0 Å². The maximum absolute atomic E-state index is 12.8. The fourth-order valence-electron chi connectivity index (χ4n) is 2.81. The number of anilines is 1. The zero-order chi connectivity index (χ0) is 16.7. The van der Waals surface area contributed by atoms with Crippen molar-refractivity contribution in [2.45, 2.75) is 32.1 Å². The highest BCUT2D eigenvalue weighted by molar-refractivity contribution is 5.92. The monoisotopic (exact) mass is 358 g/mol. The third-order valence-corrected chi connectivity index (χ3v) is 4.19. The molecule has 2 rings (SSSR count). The van der Waals surface area contributed by atoms with E-state index in [0.717, 1.165) is 38.9 Å². The summed E-state index contributed by atoms with van der Waals surface area (Å²) in [5.74, 6) is -1.10. The van der Waals surface area contributed by atoms with Gasteiger partial charge in [0, 0.05) is 18.0 Å². The van der Waals surface area contributed by atoms with Crippen LogP contribution in [0.4, 0.5) is 10.1 Å². The predicted octanol–water partition coefficient (Wildman–Crippen LogP) is 3.15. The van der Waals surface area contributed by atoms with Gasteiger partial charge < -0.3 is 15.3 Å². The van der Waals surface area contributed by atoms with Crippen LogP contribution in [0, 0.1) is 11.7 Å². The second-order valence-corrected chi connectivity index (χ2v) is 5.96. The van der Waals surface area contributed by atoms with Gasteiger partial charge in [-0.1, -0.05) is 0 Å². The normalized spacial score (nSPS) is 15.5. The number of aliphatic carboxylic acids is 1. The maximum atomic E-state index is 12.8. The minimum absolute atomic E-state index is 0. The van der Waals surface area contributed by atoms with E-state index in [1.54, 1.807) is 12.1 Å². The molecule has 0 aromatic heterocycles. The summed E-state index contributed by atoms with van der Waals surface area (Å²) in [6.45, 7) is 2.60. The lowest BCUT2D eigenvalue weighted by Crippen LogP contribution is -2.38. The Balaban J connectivity index is 0.00000288. The highest BCUT2D eigenvalue weighted by Gasteiger charge is 2.24. The smallest absolute Gasteiger partial charge is 0.303 e. The fourth-order valence-corrected chi connectivity index (χ4v) is 2.81. The molecule has 0 unspecified atom stereocenters. The van der Waals surface area contributed by atoms with Crippen LogP contribution in [0.1, 0.15) is 32.1 Å². The van der Waals surface area contributed by atoms with Gasteiger partial charge in [0.25, 0.3) is 0 Å². The largest absolute Gasteiger partial charge is 0.481 e. The molecule has 1 amide bonds. The van der Waals surface area contributed by atoms with Gasteiger partial charge in [-0.25, -0.2) is 4.39 Å². The van der Waals surface area contributed by atoms with Crippen LogP contribution in [-0.4, -0.2) is 41.5 Å². The number of benzene rings is 1. The lowest BCUT2D eigenvalue weighted by Gasteiger charge is -2.31. The van der Waals surface area contributed by atoms with Gasteiger partial charge in [0.2, 0.25) is 5.91 Å². The molecule has 0 spiro atoms.